The standard InChI is InChI=1S/C17H35N5/c1-8-14(4)17(13(2)3)22-16(20-7)10-9-15(11-18-5)21-12-19-6/h9-10,12-14,17-18,20,22H,8,11H2,1-7H3,(H,19,21)/b15-9+,16-10+. The molecular weight excluding hydrogens is 274 g/mol. The molecule has 128 valence electrons. The highest BCUT2D eigenvalue weighted by Crippen LogP contribution is 2.16. The zero-order valence-corrected chi connectivity index (χ0v) is 15.3. The second kappa shape index (κ2) is 12.1. The Labute approximate surface area is 136 Å². The Hall–Kier alpha value is -1.49. The van der Waals surface area contributed by atoms with Gasteiger partial charge in [0.1, 0.15) is 0 Å². The van der Waals surface area contributed by atoms with Crippen LogP contribution in [0.4, 0.5) is 0 Å². The number of nitrogens with zero attached hydrogens (tertiary/aromatic N) is 1. The van der Waals surface area contributed by atoms with Crippen LogP contribution in [0.15, 0.2) is 28.7 Å². The summed E-state index contributed by atoms with van der Waals surface area (Å²) in [6, 6.07) is 0.454. The Morgan fingerprint density at radius 1 is 1.14 bits per heavy atom. The zero-order chi connectivity index (χ0) is 17.0. The van der Waals surface area contributed by atoms with Crippen molar-refractivity contribution in [1.29, 1.82) is 0 Å². The number of allylic oxidation sites excluding steroid dienone is 2. The highest BCUT2D eigenvalue weighted by Gasteiger charge is 2.19. The van der Waals surface area contributed by atoms with E-state index in [0.29, 0.717) is 17.9 Å². The summed E-state index contributed by atoms with van der Waals surface area (Å²) in [6.45, 7) is 9.83. The van der Waals surface area contributed by atoms with E-state index in [1.54, 1.807) is 13.4 Å². The second-order valence-corrected chi connectivity index (χ2v) is 5.88. The molecule has 0 aromatic heterocycles. The van der Waals surface area contributed by atoms with Crippen LogP contribution in [0.3, 0.4) is 0 Å². The van der Waals surface area contributed by atoms with Crippen LogP contribution < -0.4 is 21.3 Å². The van der Waals surface area contributed by atoms with Crippen molar-refractivity contribution in [3.63, 3.8) is 0 Å². The van der Waals surface area contributed by atoms with Crippen molar-refractivity contribution in [2.24, 2.45) is 16.8 Å². The van der Waals surface area contributed by atoms with Gasteiger partial charge in [-0.2, -0.15) is 0 Å². The third-order valence-electron chi connectivity index (χ3n) is 3.76. The average molecular weight is 310 g/mol. The first-order chi connectivity index (χ1) is 10.5. The molecule has 0 aliphatic carbocycles. The van der Waals surface area contributed by atoms with E-state index in [-0.39, 0.29) is 0 Å². The minimum atomic E-state index is 0.454. The SMILES string of the molecule is CCC(C)C(N/C(=C/C=C(\CNC)NC=NC)NC)C(C)C. The van der Waals surface area contributed by atoms with Crippen molar-refractivity contribution in [3.8, 4) is 0 Å². The molecule has 0 aromatic rings. The maximum atomic E-state index is 3.95. The van der Waals surface area contributed by atoms with Crippen LogP contribution >= 0.6 is 0 Å². The molecular formula is C17H35N5. The number of hydrogen-bond acceptors (Lipinski definition) is 4. The summed E-state index contributed by atoms with van der Waals surface area (Å²) in [5.41, 5.74) is 1.06. The molecule has 0 rings (SSSR count). The number of likely N-dealkylation sites (N-methyl/N-ethyl adjacent to an activating group) is 1. The van der Waals surface area contributed by atoms with Crippen LogP contribution in [-0.2, 0) is 0 Å². The third-order valence-corrected chi connectivity index (χ3v) is 3.76. The molecule has 0 fully saturated rings. The molecule has 0 bridgehead atoms. The van der Waals surface area contributed by atoms with Gasteiger partial charge in [0.25, 0.3) is 0 Å². The molecule has 0 heterocycles. The predicted molar refractivity (Wildman–Crippen MR) is 97.9 cm³/mol. The summed E-state index contributed by atoms with van der Waals surface area (Å²) in [5, 5.41) is 13.2. The summed E-state index contributed by atoms with van der Waals surface area (Å²) >= 11 is 0. The first kappa shape index (κ1) is 20.5. The summed E-state index contributed by atoms with van der Waals surface area (Å²) in [4.78, 5) is 3.95. The molecule has 0 saturated carbocycles. The minimum absolute atomic E-state index is 0.454. The molecule has 0 spiro atoms. The van der Waals surface area contributed by atoms with Crippen molar-refractivity contribution in [2.75, 3.05) is 27.7 Å². The van der Waals surface area contributed by atoms with E-state index in [4.69, 9.17) is 0 Å². The summed E-state index contributed by atoms with van der Waals surface area (Å²) in [6.07, 6.45) is 6.99. The van der Waals surface area contributed by atoms with Gasteiger partial charge in [-0.15, -0.1) is 0 Å². The van der Waals surface area contributed by atoms with Crippen LogP contribution in [0.25, 0.3) is 0 Å². The molecule has 0 amide bonds. The van der Waals surface area contributed by atoms with Crippen molar-refractivity contribution in [2.45, 2.75) is 40.2 Å². The van der Waals surface area contributed by atoms with Gasteiger partial charge in [-0.1, -0.05) is 34.1 Å². The second-order valence-electron chi connectivity index (χ2n) is 5.88. The van der Waals surface area contributed by atoms with E-state index >= 15 is 0 Å². The van der Waals surface area contributed by atoms with E-state index < -0.39 is 0 Å². The monoisotopic (exact) mass is 309 g/mol. The Kier molecular flexibility index (Phi) is 11.3. The average Bonchev–Trinajstić information content (AvgIpc) is 2.51. The van der Waals surface area contributed by atoms with Crippen LogP contribution in [0, 0.1) is 11.8 Å². The van der Waals surface area contributed by atoms with Gasteiger partial charge in [-0.3, -0.25) is 4.99 Å². The van der Waals surface area contributed by atoms with E-state index in [2.05, 4.69) is 66.1 Å². The summed E-state index contributed by atoms with van der Waals surface area (Å²) in [5.74, 6) is 2.24. The van der Waals surface area contributed by atoms with E-state index in [0.717, 1.165) is 18.1 Å². The van der Waals surface area contributed by atoms with Crippen LogP contribution in [0.1, 0.15) is 34.1 Å². The van der Waals surface area contributed by atoms with Gasteiger partial charge in [0, 0.05) is 32.4 Å². The number of aliphatic imine (C=N–C) groups is 1. The smallest absolute Gasteiger partial charge is 0.0986 e. The molecule has 0 aromatic carbocycles. The number of nitrogens with one attached hydrogen (secondary N) is 4. The van der Waals surface area contributed by atoms with Crippen molar-refractivity contribution in [1.82, 2.24) is 21.3 Å². The minimum Gasteiger partial charge on any atom is -0.375 e. The van der Waals surface area contributed by atoms with Gasteiger partial charge in [0.15, 0.2) is 0 Å². The van der Waals surface area contributed by atoms with Gasteiger partial charge >= 0.3 is 0 Å². The van der Waals surface area contributed by atoms with Crippen molar-refractivity contribution in [3.05, 3.63) is 23.7 Å². The van der Waals surface area contributed by atoms with Crippen LogP contribution in [0.2, 0.25) is 0 Å². The molecule has 4 N–H and O–H groups in total. The van der Waals surface area contributed by atoms with E-state index in [1.807, 2.05) is 14.1 Å². The largest absolute Gasteiger partial charge is 0.375 e. The third kappa shape index (κ3) is 8.08. The molecule has 5 heteroatoms. The van der Waals surface area contributed by atoms with E-state index in [1.165, 1.54) is 6.42 Å². The lowest BCUT2D eigenvalue weighted by Crippen LogP contribution is -2.41. The van der Waals surface area contributed by atoms with Crippen LogP contribution in [-0.4, -0.2) is 40.1 Å². The Bertz CT molecular complexity index is 371. The van der Waals surface area contributed by atoms with Gasteiger partial charge in [-0.05, 0) is 31.0 Å². The lowest BCUT2D eigenvalue weighted by atomic mass is 9.90. The quantitative estimate of drug-likeness (QED) is 0.268. The Balaban J connectivity index is 5.03. The predicted octanol–water partition coefficient (Wildman–Crippen LogP) is 2.06. The summed E-state index contributed by atoms with van der Waals surface area (Å²) < 4.78 is 0. The molecule has 5 nitrogen and oxygen atoms in total. The lowest BCUT2D eigenvalue weighted by Gasteiger charge is -2.30. The molecule has 0 radical (unpaired) electrons. The molecule has 0 aliphatic heterocycles. The zero-order valence-electron chi connectivity index (χ0n) is 15.3. The first-order valence-corrected chi connectivity index (χ1v) is 8.16. The van der Waals surface area contributed by atoms with Crippen molar-refractivity contribution < 1.29 is 0 Å². The highest BCUT2D eigenvalue weighted by molar-refractivity contribution is 5.57. The maximum absolute atomic E-state index is 3.95. The van der Waals surface area contributed by atoms with Crippen molar-refractivity contribution >= 4 is 6.34 Å². The maximum Gasteiger partial charge on any atom is 0.0986 e. The molecule has 2 atom stereocenters. The lowest BCUT2D eigenvalue weighted by molar-refractivity contribution is 0.307. The fourth-order valence-corrected chi connectivity index (χ4v) is 2.28. The number of rotatable bonds is 11. The normalized spacial score (nSPS) is 16.0. The highest BCUT2D eigenvalue weighted by atomic mass is 15.1. The van der Waals surface area contributed by atoms with E-state index in [9.17, 15) is 0 Å². The fourth-order valence-electron chi connectivity index (χ4n) is 2.28. The molecule has 22 heavy (non-hydrogen) atoms. The fraction of sp³-hybridized carbons (Fsp3) is 0.706. The molecule has 0 saturated heterocycles. The summed E-state index contributed by atoms with van der Waals surface area (Å²) in [7, 11) is 5.62. The Morgan fingerprint density at radius 3 is 2.27 bits per heavy atom. The van der Waals surface area contributed by atoms with Gasteiger partial charge < -0.3 is 21.3 Å². The van der Waals surface area contributed by atoms with Gasteiger partial charge in [0.2, 0.25) is 0 Å². The van der Waals surface area contributed by atoms with Gasteiger partial charge in [0.05, 0.1) is 12.2 Å². The van der Waals surface area contributed by atoms with Gasteiger partial charge in [-0.25, -0.2) is 0 Å². The molecule has 2 unspecified atom stereocenters. The first-order valence-electron chi connectivity index (χ1n) is 8.16. The topological polar surface area (TPSA) is 60.5 Å². The number of hydrogen-bond donors (Lipinski definition) is 4. The Morgan fingerprint density at radius 2 is 1.82 bits per heavy atom. The molecule has 0 aliphatic rings. The van der Waals surface area contributed by atoms with Crippen LogP contribution in [0.5, 0.6) is 0 Å².